The Hall–Kier alpha value is -3.66. The van der Waals surface area contributed by atoms with Crippen LogP contribution in [0, 0.1) is 0 Å². The molecule has 1 fully saturated rings. The van der Waals surface area contributed by atoms with Gasteiger partial charge in [0.15, 0.2) is 12.4 Å². The minimum Gasteiger partial charge on any atom is -0.467 e. The minimum absolute atomic E-state index is 0.166. The molecular weight excluding hydrogens is 446 g/mol. The van der Waals surface area contributed by atoms with Crippen molar-refractivity contribution in [3.63, 3.8) is 0 Å². The molecule has 5 heterocycles. The van der Waals surface area contributed by atoms with E-state index in [0.29, 0.717) is 31.6 Å². The Bertz CT molecular complexity index is 1150. The van der Waals surface area contributed by atoms with E-state index in [0.717, 1.165) is 10.6 Å². The molecule has 9 nitrogen and oxygen atoms in total. The summed E-state index contributed by atoms with van der Waals surface area (Å²) in [4.78, 5) is 40.8. The number of carbonyl (C=O) groups is 3. The molecule has 33 heavy (non-hydrogen) atoms. The van der Waals surface area contributed by atoms with E-state index in [1.807, 2.05) is 17.5 Å². The van der Waals surface area contributed by atoms with Crippen LogP contribution in [0.2, 0.25) is 0 Å². The molecule has 3 aromatic heterocycles. The number of amides is 2. The highest BCUT2D eigenvalue weighted by molar-refractivity contribution is 7.12. The molecule has 0 saturated carbocycles. The maximum Gasteiger partial charge on any atom is 0.329 e. The zero-order chi connectivity index (χ0) is 22.8. The third-order valence-corrected chi connectivity index (χ3v) is 6.62. The molecule has 170 valence electrons. The van der Waals surface area contributed by atoms with Gasteiger partial charge in [-0.2, -0.15) is 5.10 Å². The SMILES string of the molecule is O=C(OCC(=O)N1N=C(c2cccs2)CC1c1ccco1)C1CCCN1C(=O)c1ccco1. The maximum absolute atomic E-state index is 13.0. The van der Waals surface area contributed by atoms with E-state index in [2.05, 4.69) is 5.10 Å². The molecule has 0 N–H and O–H groups in total. The summed E-state index contributed by atoms with van der Waals surface area (Å²) in [6.45, 7) is -0.0506. The van der Waals surface area contributed by atoms with Crippen LogP contribution in [0.1, 0.15) is 46.5 Å². The molecule has 0 aliphatic carbocycles. The van der Waals surface area contributed by atoms with Gasteiger partial charge < -0.3 is 18.5 Å². The van der Waals surface area contributed by atoms with Gasteiger partial charge in [-0.1, -0.05) is 6.07 Å². The number of thiophene rings is 1. The highest BCUT2D eigenvalue weighted by atomic mass is 32.1. The molecule has 2 atom stereocenters. The van der Waals surface area contributed by atoms with Gasteiger partial charge in [0.25, 0.3) is 11.8 Å². The van der Waals surface area contributed by atoms with Crippen molar-refractivity contribution in [2.75, 3.05) is 13.2 Å². The van der Waals surface area contributed by atoms with E-state index >= 15 is 0 Å². The summed E-state index contributed by atoms with van der Waals surface area (Å²) in [5, 5.41) is 7.77. The van der Waals surface area contributed by atoms with E-state index in [1.54, 1.807) is 41.9 Å². The molecule has 0 aromatic carbocycles. The first-order valence-corrected chi connectivity index (χ1v) is 11.5. The fraction of sp³-hybridized carbons (Fsp3) is 0.304. The lowest BCUT2D eigenvalue weighted by Crippen LogP contribution is -2.42. The molecule has 3 aromatic rings. The topological polar surface area (TPSA) is 106 Å². The Morgan fingerprint density at radius 2 is 1.97 bits per heavy atom. The zero-order valence-corrected chi connectivity index (χ0v) is 18.4. The molecule has 2 aliphatic heterocycles. The molecule has 5 rings (SSSR count). The van der Waals surface area contributed by atoms with Crippen molar-refractivity contribution in [2.24, 2.45) is 5.10 Å². The molecule has 2 aliphatic rings. The number of carbonyl (C=O) groups excluding carboxylic acids is 3. The summed E-state index contributed by atoms with van der Waals surface area (Å²) < 4.78 is 16.0. The Morgan fingerprint density at radius 3 is 2.70 bits per heavy atom. The number of likely N-dealkylation sites (tertiary alicyclic amines) is 1. The van der Waals surface area contributed by atoms with Crippen LogP contribution in [0.5, 0.6) is 0 Å². The summed E-state index contributed by atoms with van der Waals surface area (Å²) in [7, 11) is 0. The Morgan fingerprint density at radius 1 is 1.12 bits per heavy atom. The van der Waals surface area contributed by atoms with Crippen molar-refractivity contribution < 1.29 is 28.0 Å². The van der Waals surface area contributed by atoms with E-state index in [-0.39, 0.29) is 11.7 Å². The van der Waals surface area contributed by atoms with Crippen LogP contribution in [0.25, 0.3) is 0 Å². The van der Waals surface area contributed by atoms with Crippen molar-refractivity contribution in [2.45, 2.75) is 31.3 Å². The molecule has 2 unspecified atom stereocenters. The van der Waals surface area contributed by atoms with Gasteiger partial charge >= 0.3 is 5.97 Å². The smallest absolute Gasteiger partial charge is 0.329 e. The van der Waals surface area contributed by atoms with Crippen molar-refractivity contribution in [3.05, 3.63) is 70.7 Å². The molecule has 0 spiro atoms. The first-order valence-electron chi connectivity index (χ1n) is 10.6. The van der Waals surface area contributed by atoms with Crippen molar-refractivity contribution >= 4 is 34.8 Å². The van der Waals surface area contributed by atoms with Gasteiger partial charge in [-0.25, -0.2) is 9.80 Å². The number of esters is 1. The highest BCUT2D eigenvalue weighted by Gasteiger charge is 2.39. The lowest BCUT2D eigenvalue weighted by molar-refractivity contribution is -0.156. The quantitative estimate of drug-likeness (QED) is 0.514. The number of ether oxygens (including phenoxy) is 1. The third kappa shape index (κ3) is 4.21. The lowest BCUT2D eigenvalue weighted by Gasteiger charge is -2.23. The third-order valence-electron chi connectivity index (χ3n) is 5.70. The van der Waals surface area contributed by atoms with Crippen LogP contribution in [-0.2, 0) is 14.3 Å². The predicted molar refractivity (Wildman–Crippen MR) is 117 cm³/mol. The summed E-state index contributed by atoms with van der Waals surface area (Å²) in [5.74, 6) is -0.667. The summed E-state index contributed by atoms with van der Waals surface area (Å²) in [6.07, 6.45) is 4.60. The predicted octanol–water partition coefficient (Wildman–Crippen LogP) is 3.46. The minimum atomic E-state index is -0.750. The molecule has 0 radical (unpaired) electrons. The van der Waals surface area contributed by atoms with Crippen LogP contribution < -0.4 is 0 Å². The average Bonchev–Trinajstić information content (AvgIpc) is 3.63. The molecule has 2 amide bonds. The van der Waals surface area contributed by atoms with Crippen LogP contribution in [-0.4, -0.2) is 52.6 Å². The summed E-state index contributed by atoms with van der Waals surface area (Å²) >= 11 is 1.54. The number of hydrogen-bond donors (Lipinski definition) is 0. The van der Waals surface area contributed by atoms with Crippen molar-refractivity contribution in [1.29, 1.82) is 0 Å². The average molecular weight is 468 g/mol. The van der Waals surface area contributed by atoms with Crippen molar-refractivity contribution in [3.8, 4) is 0 Å². The second-order valence-electron chi connectivity index (χ2n) is 7.74. The van der Waals surface area contributed by atoms with Crippen LogP contribution in [0.3, 0.4) is 0 Å². The fourth-order valence-electron chi connectivity index (χ4n) is 4.13. The van der Waals surface area contributed by atoms with E-state index in [9.17, 15) is 14.4 Å². The number of nitrogens with zero attached hydrogens (tertiary/aromatic N) is 3. The number of hydrazone groups is 1. The van der Waals surface area contributed by atoms with Gasteiger partial charge in [0.2, 0.25) is 0 Å². The number of furan rings is 2. The Balaban J connectivity index is 1.26. The largest absolute Gasteiger partial charge is 0.467 e. The van der Waals surface area contributed by atoms with E-state index < -0.39 is 30.6 Å². The van der Waals surface area contributed by atoms with Gasteiger partial charge in [0.1, 0.15) is 17.8 Å². The highest BCUT2D eigenvalue weighted by Crippen LogP contribution is 2.34. The van der Waals surface area contributed by atoms with E-state index in [1.165, 1.54) is 16.2 Å². The maximum atomic E-state index is 13.0. The van der Waals surface area contributed by atoms with Crippen LogP contribution in [0.4, 0.5) is 0 Å². The first kappa shape index (κ1) is 21.2. The molecule has 0 bridgehead atoms. The van der Waals surface area contributed by atoms with Gasteiger partial charge in [0, 0.05) is 13.0 Å². The summed E-state index contributed by atoms with van der Waals surface area (Å²) in [5.41, 5.74) is 0.775. The van der Waals surface area contributed by atoms with Crippen molar-refractivity contribution in [1.82, 2.24) is 9.91 Å². The second-order valence-corrected chi connectivity index (χ2v) is 8.69. The van der Waals surface area contributed by atoms with Crippen LogP contribution in [0.15, 0.2) is 68.2 Å². The van der Waals surface area contributed by atoms with Gasteiger partial charge in [-0.3, -0.25) is 9.59 Å². The number of rotatable bonds is 6. The van der Waals surface area contributed by atoms with Crippen LogP contribution >= 0.6 is 11.3 Å². The monoisotopic (exact) mass is 467 g/mol. The van der Waals surface area contributed by atoms with Gasteiger partial charge in [0.05, 0.1) is 23.1 Å². The fourth-order valence-corrected chi connectivity index (χ4v) is 4.85. The van der Waals surface area contributed by atoms with E-state index in [4.69, 9.17) is 13.6 Å². The van der Waals surface area contributed by atoms with Gasteiger partial charge in [-0.05, 0) is 48.6 Å². The molecular formula is C23H21N3O6S. The summed E-state index contributed by atoms with van der Waals surface area (Å²) in [6, 6.07) is 9.43. The lowest BCUT2D eigenvalue weighted by atomic mass is 10.1. The first-order chi connectivity index (χ1) is 16.1. The molecule has 10 heteroatoms. The Kier molecular flexibility index (Phi) is 5.82. The standard InChI is InChI=1S/C23H21N3O6S/c27-21(14-32-23(29)16-5-1-9-25(16)22(28)19-7-3-11-31-19)26-17(18-6-2-10-30-18)13-15(24-26)20-8-4-12-33-20/h2-4,6-8,10-12,16-17H,1,5,9,13-14H2. The van der Waals surface area contributed by atoms with Gasteiger partial charge in [-0.15, -0.1) is 11.3 Å². The Labute approximate surface area is 193 Å². The zero-order valence-electron chi connectivity index (χ0n) is 17.6. The number of hydrogen-bond acceptors (Lipinski definition) is 8. The normalized spacial score (nSPS) is 20.2. The molecule has 1 saturated heterocycles. The second kappa shape index (κ2) is 9.07.